The zero-order valence-corrected chi connectivity index (χ0v) is 16.0. The summed E-state index contributed by atoms with van der Waals surface area (Å²) in [5.41, 5.74) is 3.87. The van der Waals surface area contributed by atoms with Gasteiger partial charge in [0.1, 0.15) is 11.5 Å². The van der Waals surface area contributed by atoms with Crippen LogP contribution in [0.25, 0.3) is 11.3 Å². The fourth-order valence-corrected chi connectivity index (χ4v) is 3.09. The highest BCUT2D eigenvalue weighted by atomic mass is 16.5. The lowest BCUT2D eigenvalue weighted by atomic mass is 10.1. The molecule has 0 atom stereocenters. The summed E-state index contributed by atoms with van der Waals surface area (Å²) in [5, 5.41) is 3.97. The smallest absolute Gasteiger partial charge is 0.338 e. The van der Waals surface area contributed by atoms with Gasteiger partial charge in [0.25, 0.3) is 5.91 Å². The van der Waals surface area contributed by atoms with Gasteiger partial charge in [0.05, 0.1) is 24.9 Å². The Morgan fingerprint density at radius 1 is 1.14 bits per heavy atom. The lowest BCUT2D eigenvalue weighted by molar-refractivity contribution is -0.122. The maximum absolute atomic E-state index is 11.9. The summed E-state index contributed by atoms with van der Waals surface area (Å²) < 4.78 is 10.7. The van der Waals surface area contributed by atoms with Gasteiger partial charge < -0.3 is 9.15 Å². The van der Waals surface area contributed by atoms with Crippen LogP contribution in [0, 0.1) is 0 Å². The van der Waals surface area contributed by atoms with Crippen LogP contribution in [0.3, 0.4) is 0 Å². The van der Waals surface area contributed by atoms with Crippen LogP contribution in [0.1, 0.15) is 42.3 Å². The van der Waals surface area contributed by atoms with E-state index in [9.17, 15) is 9.59 Å². The second-order valence-corrected chi connectivity index (χ2v) is 6.63. The summed E-state index contributed by atoms with van der Waals surface area (Å²) in [5.74, 6) is 0.709. The predicted octanol–water partition coefficient (Wildman–Crippen LogP) is 3.06. The van der Waals surface area contributed by atoms with Crippen molar-refractivity contribution < 1.29 is 18.7 Å². The third-order valence-corrected chi connectivity index (χ3v) is 4.50. The molecule has 0 bridgehead atoms. The standard InChI is InChI=1S/C21H25N3O4/c1-2-27-21(26)17-8-6-16(7-9-17)19-11-10-18(28-19)14-22-23-20(25)15-24-12-4-3-5-13-24/h6-11,14H,2-5,12-13,15H2,1H3,(H,23,25)/b22-14-. The van der Waals surface area contributed by atoms with Crippen LogP contribution in [0.5, 0.6) is 0 Å². The molecule has 7 heteroatoms. The van der Waals surface area contributed by atoms with Gasteiger partial charge in [-0.3, -0.25) is 9.69 Å². The molecule has 1 fully saturated rings. The molecule has 1 aromatic carbocycles. The molecule has 7 nitrogen and oxygen atoms in total. The number of carbonyl (C=O) groups excluding carboxylic acids is 2. The number of esters is 1. The van der Waals surface area contributed by atoms with E-state index in [1.54, 1.807) is 37.3 Å². The molecule has 1 amide bonds. The minimum atomic E-state index is -0.346. The Labute approximate surface area is 164 Å². The van der Waals surface area contributed by atoms with E-state index in [0.29, 0.717) is 30.2 Å². The van der Waals surface area contributed by atoms with Crippen molar-refractivity contribution in [3.8, 4) is 11.3 Å². The number of amides is 1. The Balaban J connectivity index is 1.52. The maximum atomic E-state index is 11.9. The number of nitrogens with one attached hydrogen (secondary N) is 1. The van der Waals surface area contributed by atoms with Gasteiger partial charge in [-0.05, 0) is 57.1 Å². The minimum absolute atomic E-state index is 0.125. The molecule has 148 valence electrons. The lowest BCUT2D eigenvalue weighted by Gasteiger charge is -2.25. The van der Waals surface area contributed by atoms with Crippen molar-refractivity contribution in [2.75, 3.05) is 26.2 Å². The molecule has 0 spiro atoms. The highest BCUT2D eigenvalue weighted by Crippen LogP contribution is 2.22. The van der Waals surface area contributed by atoms with E-state index < -0.39 is 0 Å². The molecule has 1 saturated heterocycles. The van der Waals surface area contributed by atoms with Crippen LogP contribution < -0.4 is 5.43 Å². The molecule has 1 aliphatic heterocycles. The van der Waals surface area contributed by atoms with Crippen LogP contribution in [-0.2, 0) is 9.53 Å². The highest BCUT2D eigenvalue weighted by Gasteiger charge is 2.13. The number of piperidine rings is 1. The fourth-order valence-electron chi connectivity index (χ4n) is 3.09. The first kappa shape index (κ1) is 19.8. The number of nitrogens with zero attached hydrogens (tertiary/aromatic N) is 2. The van der Waals surface area contributed by atoms with Gasteiger partial charge in [-0.1, -0.05) is 18.6 Å². The van der Waals surface area contributed by atoms with Crippen molar-refractivity contribution in [3.63, 3.8) is 0 Å². The third-order valence-electron chi connectivity index (χ3n) is 4.50. The Morgan fingerprint density at radius 2 is 1.89 bits per heavy atom. The summed E-state index contributed by atoms with van der Waals surface area (Å²) >= 11 is 0. The van der Waals surface area contributed by atoms with Gasteiger partial charge in [0, 0.05) is 5.56 Å². The minimum Gasteiger partial charge on any atom is -0.462 e. The fraction of sp³-hybridized carbons (Fsp3) is 0.381. The van der Waals surface area contributed by atoms with Crippen molar-refractivity contribution in [1.29, 1.82) is 0 Å². The number of hydrogen-bond donors (Lipinski definition) is 1. The summed E-state index contributed by atoms with van der Waals surface area (Å²) in [6.45, 7) is 4.42. The Hall–Kier alpha value is -2.93. The third kappa shape index (κ3) is 5.53. The lowest BCUT2D eigenvalue weighted by Crippen LogP contribution is -2.38. The van der Waals surface area contributed by atoms with Crippen molar-refractivity contribution in [2.45, 2.75) is 26.2 Å². The van der Waals surface area contributed by atoms with Crippen molar-refractivity contribution in [2.24, 2.45) is 5.10 Å². The average molecular weight is 383 g/mol. The quantitative estimate of drug-likeness (QED) is 0.451. The largest absolute Gasteiger partial charge is 0.462 e. The van der Waals surface area contributed by atoms with E-state index in [0.717, 1.165) is 31.5 Å². The Morgan fingerprint density at radius 3 is 2.61 bits per heavy atom. The molecule has 1 aromatic heterocycles. The second kappa shape index (κ2) is 9.85. The number of benzene rings is 1. The van der Waals surface area contributed by atoms with Crippen LogP contribution in [0.15, 0.2) is 45.9 Å². The van der Waals surface area contributed by atoms with E-state index in [1.165, 1.54) is 12.6 Å². The number of ether oxygens (including phenoxy) is 1. The van der Waals surface area contributed by atoms with Crippen LogP contribution in [0.4, 0.5) is 0 Å². The maximum Gasteiger partial charge on any atom is 0.338 e. The summed E-state index contributed by atoms with van der Waals surface area (Å²) in [6.07, 6.45) is 5.01. The van der Waals surface area contributed by atoms with Gasteiger partial charge in [-0.25, -0.2) is 10.2 Å². The van der Waals surface area contributed by atoms with Crippen LogP contribution >= 0.6 is 0 Å². The number of rotatable bonds is 7. The first-order chi connectivity index (χ1) is 13.7. The van der Waals surface area contributed by atoms with Crippen molar-refractivity contribution in [3.05, 3.63) is 47.7 Å². The predicted molar refractivity (Wildman–Crippen MR) is 106 cm³/mol. The first-order valence-electron chi connectivity index (χ1n) is 9.57. The number of hydrogen-bond acceptors (Lipinski definition) is 6. The molecule has 1 N–H and O–H groups in total. The highest BCUT2D eigenvalue weighted by molar-refractivity contribution is 5.90. The van der Waals surface area contributed by atoms with Gasteiger partial charge in [0.15, 0.2) is 0 Å². The summed E-state index contributed by atoms with van der Waals surface area (Å²) in [4.78, 5) is 25.8. The molecule has 0 saturated carbocycles. The van der Waals surface area contributed by atoms with Gasteiger partial charge in [-0.2, -0.15) is 5.10 Å². The van der Waals surface area contributed by atoms with E-state index in [4.69, 9.17) is 9.15 Å². The topological polar surface area (TPSA) is 84.1 Å². The monoisotopic (exact) mass is 383 g/mol. The molecule has 0 unspecified atom stereocenters. The molecule has 2 aromatic rings. The average Bonchev–Trinajstić information content (AvgIpc) is 3.18. The van der Waals surface area contributed by atoms with E-state index in [2.05, 4.69) is 15.4 Å². The van der Waals surface area contributed by atoms with Gasteiger partial charge >= 0.3 is 5.97 Å². The number of carbonyl (C=O) groups is 2. The molecule has 0 aliphatic carbocycles. The molecule has 0 radical (unpaired) electrons. The zero-order valence-electron chi connectivity index (χ0n) is 16.0. The number of furan rings is 1. The molecule has 3 rings (SSSR count). The Bertz CT molecular complexity index is 820. The van der Waals surface area contributed by atoms with Crippen LogP contribution in [0.2, 0.25) is 0 Å². The zero-order chi connectivity index (χ0) is 19.8. The van der Waals surface area contributed by atoms with Crippen molar-refractivity contribution >= 4 is 18.1 Å². The molecular formula is C21H25N3O4. The molecule has 1 aliphatic rings. The van der Waals surface area contributed by atoms with Gasteiger partial charge in [0.2, 0.25) is 0 Å². The van der Waals surface area contributed by atoms with Crippen molar-refractivity contribution in [1.82, 2.24) is 10.3 Å². The van der Waals surface area contributed by atoms with E-state index in [-0.39, 0.29) is 11.9 Å². The summed E-state index contributed by atoms with van der Waals surface area (Å²) in [6, 6.07) is 10.6. The van der Waals surface area contributed by atoms with E-state index >= 15 is 0 Å². The van der Waals surface area contributed by atoms with E-state index in [1.807, 2.05) is 6.07 Å². The Kier molecular flexibility index (Phi) is 6.97. The first-order valence-corrected chi connectivity index (χ1v) is 9.57. The second-order valence-electron chi connectivity index (χ2n) is 6.63. The number of hydrazone groups is 1. The normalized spacial score (nSPS) is 14.9. The number of likely N-dealkylation sites (tertiary alicyclic amines) is 1. The molecule has 2 heterocycles. The molecular weight excluding hydrogens is 358 g/mol. The SMILES string of the molecule is CCOC(=O)c1ccc(-c2ccc(/C=N\NC(=O)CN3CCCCC3)o2)cc1. The van der Waals surface area contributed by atoms with Crippen LogP contribution in [-0.4, -0.2) is 49.2 Å². The summed E-state index contributed by atoms with van der Waals surface area (Å²) in [7, 11) is 0. The van der Waals surface area contributed by atoms with Gasteiger partial charge in [-0.15, -0.1) is 0 Å². The molecule has 28 heavy (non-hydrogen) atoms.